The monoisotopic (exact) mass is 430 g/mol. The molecule has 0 radical (unpaired) electrons. The van der Waals surface area contributed by atoms with Gasteiger partial charge in [-0.05, 0) is 50.4 Å². The first kappa shape index (κ1) is 24.0. The average molecular weight is 431 g/mol. The molecule has 1 atom stereocenters. The molecule has 3 rings (SSSR count). The molecule has 174 valence electrons. The lowest BCUT2D eigenvalue weighted by Crippen LogP contribution is -2.40. The van der Waals surface area contributed by atoms with Crippen LogP contribution in [0.3, 0.4) is 0 Å². The maximum absolute atomic E-state index is 5.76. The third-order valence-electron chi connectivity index (χ3n) is 6.32. The highest BCUT2D eigenvalue weighted by Crippen LogP contribution is 2.19. The van der Waals surface area contributed by atoms with E-state index >= 15 is 0 Å². The van der Waals surface area contributed by atoms with Crippen molar-refractivity contribution in [3.63, 3.8) is 0 Å². The van der Waals surface area contributed by atoms with Gasteiger partial charge in [-0.1, -0.05) is 37.1 Å². The summed E-state index contributed by atoms with van der Waals surface area (Å²) in [5.41, 5.74) is 2.77. The molecule has 0 saturated carbocycles. The van der Waals surface area contributed by atoms with Crippen LogP contribution in [0, 0.1) is 5.92 Å². The molecule has 1 aromatic rings. The molecular weight excluding hydrogens is 388 g/mol. The number of likely N-dealkylation sites (tertiary alicyclic amines) is 2. The van der Waals surface area contributed by atoms with Crippen molar-refractivity contribution < 1.29 is 9.47 Å². The van der Waals surface area contributed by atoms with Crippen LogP contribution in [0.15, 0.2) is 29.3 Å². The van der Waals surface area contributed by atoms with Crippen molar-refractivity contribution in [3.05, 3.63) is 35.4 Å². The first-order valence-electron chi connectivity index (χ1n) is 12.2. The van der Waals surface area contributed by atoms with Crippen molar-refractivity contribution in [3.8, 4) is 0 Å². The lowest BCUT2D eigenvalue weighted by Gasteiger charge is -2.23. The van der Waals surface area contributed by atoms with Gasteiger partial charge in [0.05, 0.1) is 26.4 Å². The van der Waals surface area contributed by atoms with Gasteiger partial charge in [0.25, 0.3) is 0 Å². The highest BCUT2D eigenvalue weighted by Gasteiger charge is 2.25. The zero-order valence-electron chi connectivity index (χ0n) is 19.7. The Hall–Kier alpha value is -1.63. The van der Waals surface area contributed by atoms with Crippen molar-refractivity contribution in [2.75, 3.05) is 59.7 Å². The van der Waals surface area contributed by atoms with Gasteiger partial charge in [-0.2, -0.15) is 0 Å². The smallest absolute Gasteiger partial charge is 0.194 e. The van der Waals surface area contributed by atoms with Crippen LogP contribution in [-0.2, 0) is 22.6 Å². The van der Waals surface area contributed by atoms with E-state index in [2.05, 4.69) is 46.3 Å². The summed E-state index contributed by atoms with van der Waals surface area (Å²) >= 11 is 0. The van der Waals surface area contributed by atoms with Crippen LogP contribution in [0.1, 0.15) is 50.2 Å². The van der Waals surface area contributed by atoms with E-state index in [1.165, 1.54) is 49.9 Å². The zero-order chi connectivity index (χ0) is 21.7. The predicted octanol–water partition coefficient (Wildman–Crippen LogP) is 3.51. The topological polar surface area (TPSA) is 49.3 Å². The van der Waals surface area contributed by atoms with Crippen molar-refractivity contribution in [1.29, 1.82) is 0 Å². The molecule has 6 heteroatoms. The molecule has 2 aliphatic heterocycles. The highest BCUT2D eigenvalue weighted by molar-refractivity contribution is 5.80. The van der Waals surface area contributed by atoms with E-state index in [9.17, 15) is 0 Å². The SMILES string of the molecule is CCNC(=NCc1ccccc1CN1CCCCCC1)N1CCC(COCCOC)C1. The van der Waals surface area contributed by atoms with E-state index in [-0.39, 0.29) is 0 Å². The number of aliphatic imine (C=N–C) groups is 1. The number of ether oxygens (including phenoxy) is 2. The predicted molar refractivity (Wildman–Crippen MR) is 127 cm³/mol. The van der Waals surface area contributed by atoms with Crippen LogP contribution in [0.5, 0.6) is 0 Å². The third kappa shape index (κ3) is 8.09. The van der Waals surface area contributed by atoms with Crippen LogP contribution >= 0.6 is 0 Å². The van der Waals surface area contributed by atoms with E-state index in [1.54, 1.807) is 7.11 Å². The number of benzene rings is 1. The van der Waals surface area contributed by atoms with Crippen LogP contribution in [-0.4, -0.2) is 75.4 Å². The zero-order valence-corrected chi connectivity index (χ0v) is 19.7. The van der Waals surface area contributed by atoms with E-state index in [0.29, 0.717) is 19.1 Å². The molecule has 0 aromatic heterocycles. The van der Waals surface area contributed by atoms with Gasteiger partial charge < -0.3 is 19.7 Å². The molecule has 6 nitrogen and oxygen atoms in total. The molecule has 1 N–H and O–H groups in total. The van der Waals surface area contributed by atoms with Gasteiger partial charge in [-0.15, -0.1) is 0 Å². The van der Waals surface area contributed by atoms with Crippen LogP contribution < -0.4 is 5.32 Å². The fourth-order valence-electron chi connectivity index (χ4n) is 4.54. The van der Waals surface area contributed by atoms with Crippen LogP contribution in [0.2, 0.25) is 0 Å². The Balaban J connectivity index is 1.58. The largest absolute Gasteiger partial charge is 0.382 e. The van der Waals surface area contributed by atoms with Crippen molar-refractivity contribution in [2.24, 2.45) is 10.9 Å². The fourth-order valence-corrected chi connectivity index (χ4v) is 4.54. The summed E-state index contributed by atoms with van der Waals surface area (Å²) in [4.78, 5) is 10.0. The summed E-state index contributed by atoms with van der Waals surface area (Å²) in [6.07, 6.45) is 6.57. The number of nitrogens with one attached hydrogen (secondary N) is 1. The Morgan fingerprint density at radius 3 is 2.58 bits per heavy atom. The number of hydrogen-bond donors (Lipinski definition) is 1. The second kappa shape index (κ2) is 13.7. The third-order valence-corrected chi connectivity index (χ3v) is 6.32. The molecule has 0 spiro atoms. The van der Waals surface area contributed by atoms with Gasteiger partial charge in [0.1, 0.15) is 0 Å². The highest BCUT2D eigenvalue weighted by atomic mass is 16.5. The molecule has 0 amide bonds. The normalized spacial score (nSPS) is 20.8. The van der Waals surface area contributed by atoms with Gasteiger partial charge in [0.2, 0.25) is 0 Å². The average Bonchev–Trinajstić information content (AvgIpc) is 3.11. The molecule has 1 aromatic carbocycles. The molecule has 31 heavy (non-hydrogen) atoms. The molecule has 0 bridgehead atoms. The molecule has 2 aliphatic rings. The summed E-state index contributed by atoms with van der Waals surface area (Å²) in [5, 5.41) is 3.51. The number of hydrogen-bond acceptors (Lipinski definition) is 4. The van der Waals surface area contributed by atoms with E-state index in [4.69, 9.17) is 14.5 Å². The molecule has 2 saturated heterocycles. The Labute approximate surface area is 189 Å². The fraction of sp³-hybridized carbons (Fsp3) is 0.720. The summed E-state index contributed by atoms with van der Waals surface area (Å²) < 4.78 is 10.8. The van der Waals surface area contributed by atoms with Crippen molar-refractivity contribution >= 4 is 5.96 Å². The summed E-state index contributed by atoms with van der Waals surface area (Å²) in [5.74, 6) is 1.60. The number of nitrogens with zero attached hydrogens (tertiary/aromatic N) is 3. The molecular formula is C25H42N4O2. The quantitative estimate of drug-likeness (QED) is 0.350. The number of guanidine groups is 1. The second-order valence-corrected chi connectivity index (χ2v) is 8.80. The van der Waals surface area contributed by atoms with E-state index in [1.807, 2.05) is 0 Å². The lowest BCUT2D eigenvalue weighted by atomic mass is 10.1. The first-order chi connectivity index (χ1) is 15.3. The van der Waals surface area contributed by atoms with Crippen LogP contribution in [0.4, 0.5) is 0 Å². The number of rotatable bonds is 10. The minimum Gasteiger partial charge on any atom is -0.382 e. The second-order valence-electron chi connectivity index (χ2n) is 8.80. The lowest BCUT2D eigenvalue weighted by molar-refractivity contribution is 0.0536. The van der Waals surface area contributed by atoms with Gasteiger partial charge in [-0.3, -0.25) is 4.90 Å². The Morgan fingerprint density at radius 1 is 1.06 bits per heavy atom. The van der Waals surface area contributed by atoms with E-state index < -0.39 is 0 Å². The Kier molecular flexibility index (Phi) is 10.6. The maximum atomic E-state index is 5.76. The number of methoxy groups -OCH3 is 1. The standard InChI is InChI=1S/C25H42N4O2/c1-3-26-25(29-15-12-22(19-29)21-31-17-16-30-2)27-18-23-10-6-7-11-24(23)20-28-13-8-4-5-9-14-28/h6-7,10-11,22H,3-5,8-9,12-21H2,1-2H3,(H,26,27). The molecule has 0 aliphatic carbocycles. The Bertz CT molecular complexity index is 659. The van der Waals surface area contributed by atoms with Gasteiger partial charge >= 0.3 is 0 Å². The van der Waals surface area contributed by atoms with Gasteiger partial charge in [0, 0.05) is 39.2 Å². The molecule has 2 heterocycles. The van der Waals surface area contributed by atoms with E-state index in [0.717, 1.165) is 51.7 Å². The van der Waals surface area contributed by atoms with Gasteiger partial charge in [-0.25, -0.2) is 4.99 Å². The van der Waals surface area contributed by atoms with Crippen LogP contribution in [0.25, 0.3) is 0 Å². The van der Waals surface area contributed by atoms with Crippen molar-refractivity contribution in [2.45, 2.75) is 52.1 Å². The van der Waals surface area contributed by atoms with Gasteiger partial charge in [0.15, 0.2) is 5.96 Å². The Morgan fingerprint density at radius 2 is 1.84 bits per heavy atom. The summed E-state index contributed by atoms with van der Waals surface area (Å²) in [6.45, 7) is 11.5. The summed E-state index contributed by atoms with van der Waals surface area (Å²) in [6, 6.07) is 8.84. The minimum atomic E-state index is 0.566. The molecule has 1 unspecified atom stereocenters. The first-order valence-corrected chi connectivity index (χ1v) is 12.2. The maximum Gasteiger partial charge on any atom is 0.194 e. The molecule has 2 fully saturated rings. The minimum absolute atomic E-state index is 0.566. The van der Waals surface area contributed by atoms with Crippen molar-refractivity contribution in [1.82, 2.24) is 15.1 Å². The summed E-state index contributed by atoms with van der Waals surface area (Å²) in [7, 11) is 1.71.